The molecule has 1 N–H and O–H groups in total. The zero-order valence-electron chi connectivity index (χ0n) is 11.8. The molecule has 0 radical (unpaired) electrons. The predicted octanol–water partition coefficient (Wildman–Crippen LogP) is 2.82. The Morgan fingerprint density at radius 3 is 2.83 bits per heavy atom. The van der Waals surface area contributed by atoms with Crippen LogP contribution in [0.5, 0.6) is 0 Å². The third-order valence-corrected chi connectivity index (χ3v) is 3.71. The third-order valence-electron chi connectivity index (χ3n) is 3.71. The average Bonchev–Trinajstić information content (AvgIpc) is 2.85. The molecular formula is C15H25N3. The molecule has 3 heteroatoms. The number of rotatable bonds is 5. The molecule has 2 heterocycles. The second kappa shape index (κ2) is 6.19. The Hall–Kier alpha value is -1.09. The number of nitrogens with zero attached hydrogens (tertiary/aromatic N) is 2. The van der Waals surface area contributed by atoms with Crippen LogP contribution in [0.2, 0.25) is 0 Å². The van der Waals surface area contributed by atoms with Crippen molar-refractivity contribution in [1.82, 2.24) is 10.3 Å². The molecule has 2 rings (SSSR count). The van der Waals surface area contributed by atoms with Crippen molar-refractivity contribution < 1.29 is 0 Å². The molecule has 3 nitrogen and oxygen atoms in total. The van der Waals surface area contributed by atoms with E-state index in [1.54, 1.807) is 0 Å². The summed E-state index contributed by atoms with van der Waals surface area (Å²) in [4.78, 5) is 7.00. The summed E-state index contributed by atoms with van der Waals surface area (Å²) in [5.41, 5.74) is 1.26. The molecule has 1 saturated heterocycles. The lowest BCUT2D eigenvalue weighted by atomic mass is 10.1. The number of pyridine rings is 1. The van der Waals surface area contributed by atoms with Gasteiger partial charge in [-0.2, -0.15) is 0 Å². The van der Waals surface area contributed by atoms with E-state index in [4.69, 9.17) is 0 Å². The van der Waals surface area contributed by atoms with Gasteiger partial charge in [0, 0.05) is 31.9 Å². The number of hydrogen-bond acceptors (Lipinski definition) is 3. The van der Waals surface area contributed by atoms with Gasteiger partial charge in [-0.25, -0.2) is 4.98 Å². The molecule has 18 heavy (non-hydrogen) atoms. The number of aromatic nitrogens is 1. The normalized spacial score (nSPS) is 19.8. The Kier molecular flexibility index (Phi) is 4.59. The number of hydrogen-bond donors (Lipinski definition) is 1. The highest BCUT2D eigenvalue weighted by atomic mass is 15.2. The lowest BCUT2D eigenvalue weighted by molar-refractivity contribution is 0.568. The van der Waals surface area contributed by atoms with E-state index in [9.17, 15) is 0 Å². The van der Waals surface area contributed by atoms with Crippen LogP contribution in [0.3, 0.4) is 0 Å². The number of nitrogens with one attached hydrogen (secondary N) is 1. The maximum atomic E-state index is 4.59. The molecule has 0 bridgehead atoms. The first kappa shape index (κ1) is 13.3. The topological polar surface area (TPSA) is 28.2 Å². The van der Waals surface area contributed by atoms with Crippen molar-refractivity contribution in [2.24, 2.45) is 5.92 Å². The van der Waals surface area contributed by atoms with Crippen LogP contribution in [0.15, 0.2) is 18.3 Å². The SMILES string of the molecule is CCC1CCN(c2ccc(CNC(C)C)cn2)C1. The van der Waals surface area contributed by atoms with Gasteiger partial charge in [0.25, 0.3) is 0 Å². The summed E-state index contributed by atoms with van der Waals surface area (Å²) in [5, 5.41) is 3.41. The van der Waals surface area contributed by atoms with E-state index in [0.717, 1.165) is 24.8 Å². The minimum Gasteiger partial charge on any atom is -0.356 e. The van der Waals surface area contributed by atoms with E-state index in [-0.39, 0.29) is 0 Å². The van der Waals surface area contributed by atoms with Crippen LogP contribution in [0.25, 0.3) is 0 Å². The van der Waals surface area contributed by atoms with Crippen LogP contribution in [0.4, 0.5) is 5.82 Å². The average molecular weight is 247 g/mol. The van der Waals surface area contributed by atoms with Crippen molar-refractivity contribution >= 4 is 5.82 Å². The Balaban J connectivity index is 1.91. The van der Waals surface area contributed by atoms with E-state index in [1.807, 2.05) is 6.20 Å². The molecular weight excluding hydrogens is 222 g/mol. The van der Waals surface area contributed by atoms with Gasteiger partial charge in [0.1, 0.15) is 5.82 Å². The van der Waals surface area contributed by atoms with Crippen LogP contribution >= 0.6 is 0 Å². The molecule has 1 fully saturated rings. The van der Waals surface area contributed by atoms with Crippen molar-refractivity contribution in [3.8, 4) is 0 Å². The molecule has 0 saturated carbocycles. The van der Waals surface area contributed by atoms with Crippen molar-refractivity contribution in [1.29, 1.82) is 0 Å². The molecule has 1 atom stereocenters. The van der Waals surface area contributed by atoms with Gasteiger partial charge in [0.2, 0.25) is 0 Å². The minimum atomic E-state index is 0.522. The zero-order valence-corrected chi connectivity index (χ0v) is 11.8. The second-order valence-electron chi connectivity index (χ2n) is 5.57. The van der Waals surface area contributed by atoms with Crippen LogP contribution in [-0.4, -0.2) is 24.1 Å². The Labute approximate surface area is 111 Å². The molecule has 100 valence electrons. The third kappa shape index (κ3) is 3.45. The fourth-order valence-electron chi connectivity index (χ4n) is 2.40. The maximum Gasteiger partial charge on any atom is 0.128 e. The number of anilines is 1. The largest absolute Gasteiger partial charge is 0.356 e. The zero-order chi connectivity index (χ0) is 13.0. The molecule has 0 aliphatic carbocycles. The van der Waals surface area contributed by atoms with Crippen LogP contribution in [0, 0.1) is 5.92 Å². The highest BCUT2D eigenvalue weighted by molar-refractivity contribution is 5.40. The molecule has 1 aliphatic rings. The van der Waals surface area contributed by atoms with Gasteiger partial charge < -0.3 is 10.2 Å². The summed E-state index contributed by atoms with van der Waals surface area (Å²) in [5.74, 6) is 1.99. The van der Waals surface area contributed by atoms with E-state index in [1.165, 1.54) is 24.9 Å². The summed E-state index contributed by atoms with van der Waals surface area (Å²) in [6, 6.07) is 4.88. The maximum absolute atomic E-state index is 4.59. The van der Waals surface area contributed by atoms with Crippen LogP contribution in [-0.2, 0) is 6.54 Å². The van der Waals surface area contributed by atoms with Crippen LogP contribution in [0.1, 0.15) is 39.2 Å². The molecule has 1 aromatic heterocycles. The van der Waals surface area contributed by atoms with E-state index >= 15 is 0 Å². The van der Waals surface area contributed by atoms with Crippen molar-refractivity contribution in [3.05, 3.63) is 23.9 Å². The molecule has 1 aliphatic heterocycles. The van der Waals surface area contributed by atoms with E-state index in [0.29, 0.717) is 6.04 Å². The van der Waals surface area contributed by atoms with E-state index < -0.39 is 0 Å². The second-order valence-corrected chi connectivity index (χ2v) is 5.57. The Bertz CT molecular complexity index is 359. The minimum absolute atomic E-state index is 0.522. The van der Waals surface area contributed by atoms with Crippen molar-refractivity contribution in [2.75, 3.05) is 18.0 Å². The molecule has 1 aromatic rings. The summed E-state index contributed by atoms with van der Waals surface area (Å²) in [6.07, 6.45) is 4.60. The summed E-state index contributed by atoms with van der Waals surface area (Å²) < 4.78 is 0. The Morgan fingerprint density at radius 1 is 1.44 bits per heavy atom. The fourth-order valence-corrected chi connectivity index (χ4v) is 2.40. The first-order chi connectivity index (χ1) is 8.69. The van der Waals surface area contributed by atoms with Crippen molar-refractivity contribution in [3.63, 3.8) is 0 Å². The standard InChI is InChI=1S/C15H25N3/c1-4-13-7-8-18(11-13)15-6-5-14(10-17-15)9-16-12(2)3/h5-6,10,12-13,16H,4,7-9,11H2,1-3H3. The van der Waals surface area contributed by atoms with Gasteiger partial charge in [-0.15, -0.1) is 0 Å². The van der Waals surface area contributed by atoms with Crippen molar-refractivity contribution in [2.45, 2.75) is 46.2 Å². The van der Waals surface area contributed by atoms with Crippen LogP contribution < -0.4 is 10.2 Å². The van der Waals surface area contributed by atoms with Gasteiger partial charge in [-0.05, 0) is 24.0 Å². The highest BCUT2D eigenvalue weighted by Gasteiger charge is 2.21. The highest BCUT2D eigenvalue weighted by Crippen LogP contribution is 2.23. The van der Waals surface area contributed by atoms with Gasteiger partial charge >= 0.3 is 0 Å². The van der Waals surface area contributed by atoms with Gasteiger partial charge in [0.05, 0.1) is 0 Å². The predicted molar refractivity (Wildman–Crippen MR) is 76.8 cm³/mol. The summed E-state index contributed by atoms with van der Waals surface area (Å²) >= 11 is 0. The summed E-state index contributed by atoms with van der Waals surface area (Å²) in [6.45, 7) is 9.85. The molecule has 0 aromatic carbocycles. The summed E-state index contributed by atoms with van der Waals surface area (Å²) in [7, 11) is 0. The fraction of sp³-hybridized carbons (Fsp3) is 0.667. The lowest BCUT2D eigenvalue weighted by Gasteiger charge is -2.17. The first-order valence-electron chi connectivity index (χ1n) is 7.12. The van der Waals surface area contributed by atoms with Gasteiger partial charge in [-0.3, -0.25) is 0 Å². The molecule has 1 unspecified atom stereocenters. The monoisotopic (exact) mass is 247 g/mol. The first-order valence-corrected chi connectivity index (χ1v) is 7.12. The quantitative estimate of drug-likeness (QED) is 0.867. The van der Waals surface area contributed by atoms with Gasteiger partial charge in [0.15, 0.2) is 0 Å². The molecule has 0 spiro atoms. The van der Waals surface area contributed by atoms with E-state index in [2.05, 4.69) is 48.1 Å². The lowest BCUT2D eigenvalue weighted by Crippen LogP contribution is -2.23. The smallest absolute Gasteiger partial charge is 0.128 e. The van der Waals surface area contributed by atoms with Gasteiger partial charge in [-0.1, -0.05) is 33.3 Å². The Morgan fingerprint density at radius 2 is 2.28 bits per heavy atom. The molecule has 0 amide bonds.